The van der Waals surface area contributed by atoms with E-state index in [0.717, 1.165) is 22.3 Å². The quantitative estimate of drug-likeness (QED) is 0.437. The molecule has 2 atom stereocenters. The molecule has 5 N–H and O–H groups in total. The zero-order valence-corrected chi connectivity index (χ0v) is 17.4. The number of nitrogens with two attached hydrogens (primary N) is 1. The summed E-state index contributed by atoms with van der Waals surface area (Å²) in [6.45, 7) is -0.0571. The number of carbonyl (C=O) groups excluding carboxylic acids is 1. The number of nitrogen functional groups attached to an aromatic ring is 1. The molecule has 0 aliphatic heterocycles. The third-order valence-corrected chi connectivity index (χ3v) is 5.88. The predicted octanol–water partition coefficient (Wildman–Crippen LogP) is 3.86. The number of ether oxygens (including phenoxy) is 1. The number of alkyl carbamates (subject to hydrolysis) is 1. The van der Waals surface area contributed by atoms with E-state index < -0.39 is 18.3 Å². The van der Waals surface area contributed by atoms with E-state index >= 15 is 0 Å². The zero-order valence-electron chi connectivity index (χ0n) is 16.7. The van der Waals surface area contributed by atoms with Crippen molar-refractivity contribution in [1.29, 1.82) is 0 Å². The number of aliphatic hydroxyl groups excluding tert-OH is 2. The number of amides is 1. The summed E-state index contributed by atoms with van der Waals surface area (Å²) >= 11 is 6.07. The summed E-state index contributed by atoms with van der Waals surface area (Å²) in [7, 11) is 0. The number of hydrogen-bond donors (Lipinski definition) is 4. The van der Waals surface area contributed by atoms with E-state index in [9.17, 15) is 15.0 Å². The minimum atomic E-state index is -1.34. The third kappa shape index (κ3) is 4.23. The first-order valence-corrected chi connectivity index (χ1v) is 10.3. The second-order valence-electron chi connectivity index (χ2n) is 7.46. The summed E-state index contributed by atoms with van der Waals surface area (Å²) in [6.07, 6.45) is -3.33. The molecule has 4 rings (SSSR count). The summed E-state index contributed by atoms with van der Waals surface area (Å²) in [6, 6.07) is 20.9. The van der Waals surface area contributed by atoms with Crippen LogP contribution in [-0.2, 0) is 4.74 Å². The van der Waals surface area contributed by atoms with Crippen molar-refractivity contribution in [2.75, 3.05) is 18.9 Å². The van der Waals surface area contributed by atoms with Crippen molar-refractivity contribution in [3.8, 4) is 11.1 Å². The van der Waals surface area contributed by atoms with Crippen LogP contribution >= 0.6 is 11.6 Å². The number of benzene rings is 3. The van der Waals surface area contributed by atoms with Gasteiger partial charge in [0.25, 0.3) is 0 Å². The van der Waals surface area contributed by atoms with Crippen LogP contribution in [0.1, 0.15) is 28.7 Å². The topological polar surface area (TPSA) is 105 Å². The van der Waals surface area contributed by atoms with Crippen LogP contribution < -0.4 is 11.1 Å². The molecule has 0 saturated heterocycles. The Morgan fingerprint density at radius 2 is 1.61 bits per heavy atom. The molecule has 0 bridgehead atoms. The average Bonchev–Trinajstić information content (AvgIpc) is 3.09. The molecule has 0 saturated carbocycles. The first kappa shape index (κ1) is 21.2. The van der Waals surface area contributed by atoms with Gasteiger partial charge in [-0.3, -0.25) is 0 Å². The van der Waals surface area contributed by atoms with Crippen molar-refractivity contribution >= 4 is 23.4 Å². The fourth-order valence-corrected chi connectivity index (χ4v) is 4.30. The molecule has 1 amide bonds. The second kappa shape index (κ2) is 8.98. The van der Waals surface area contributed by atoms with Gasteiger partial charge in [-0.2, -0.15) is 0 Å². The Balaban J connectivity index is 1.36. The van der Waals surface area contributed by atoms with E-state index in [1.807, 2.05) is 36.4 Å². The number of halogens is 1. The Kier molecular flexibility index (Phi) is 6.13. The Hall–Kier alpha value is -3.06. The maximum absolute atomic E-state index is 12.2. The van der Waals surface area contributed by atoms with Crippen LogP contribution in [0.4, 0.5) is 10.5 Å². The van der Waals surface area contributed by atoms with Crippen molar-refractivity contribution in [1.82, 2.24) is 5.32 Å². The second-order valence-corrected chi connectivity index (χ2v) is 7.87. The molecular formula is C24H23ClN2O4. The summed E-state index contributed by atoms with van der Waals surface area (Å²) < 4.78 is 5.43. The number of nitrogens with one attached hydrogen (secondary N) is 1. The van der Waals surface area contributed by atoms with Crippen molar-refractivity contribution in [3.63, 3.8) is 0 Å². The fraction of sp³-hybridized carbons (Fsp3) is 0.208. The molecule has 2 unspecified atom stereocenters. The summed E-state index contributed by atoms with van der Waals surface area (Å²) in [5, 5.41) is 23.4. The van der Waals surface area contributed by atoms with E-state index in [1.54, 1.807) is 18.2 Å². The smallest absolute Gasteiger partial charge is 0.407 e. The van der Waals surface area contributed by atoms with Crippen LogP contribution in [0.25, 0.3) is 11.1 Å². The number of aliphatic hydroxyl groups is 2. The van der Waals surface area contributed by atoms with Gasteiger partial charge in [-0.25, -0.2) is 4.79 Å². The lowest BCUT2D eigenvalue weighted by Crippen LogP contribution is -2.36. The number of rotatable bonds is 6. The molecule has 7 heteroatoms. The molecule has 31 heavy (non-hydrogen) atoms. The molecule has 0 fully saturated rings. The van der Waals surface area contributed by atoms with Crippen LogP contribution in [0.2, 0.25) is 5.02 Å². The normalized spacial score (nSPS) is 14.4. The molecule has 0 spiro atoms. The average molecular weight is 439 g/mol. The first-order chi connectivity index (χ1) is 15.0. The molecule has 160 valence electrons. The zero-order chi connectivity index (χ0) is 22.0. The van der Waals surface area contributed by atoms with Gasteiger partial charge in [0.2, 0.25) is 0 Å². The molecule has 0 radical (unpaired) electrons. The number of anilines is 1. The van der Waals surface area contributed by atoms with Gasteiger partial charge in [-0.05, 0) is 34.4 Å². The summed E-state index contributed by atoms with van der Waals surface area (Å²) in [5.74, 6) is -0.0587. The van der Waals surface area contributed by atoms with Crippen LogP contribution in [-0.4, -0.2) is 35.6 Å². The lowest BCUT2D eigenvalue weighted by Gasteiger charge is -2.21. The van der Waals surface area contributed by atoms with Gasteiger partial charge < -0.3 is 26.0 Å². The highest BCUT2D eigenvalue weighted by molar-refractivity contribution is 6.31. The van der Waals surface area contributed by atoms with Gasteiger partial charge in [-0.15, -0.1) is 0 Å². The number of carbonyl (C=O) groups is 1. The van der Waals surface area contributed by atoms with Gasteiger partial charge in [0.15, 0.2) is 0 Å². The third-order valence-electron chi connectivity index (χ3n) is 5.55. The van der Waals surface area contributed by atoms with Crippen LogP contribution in [0.3, 0.4) is 0 Å². The molecular weight excluding hydrogens is 416 g/mol. The Bertz CT molecular complexity index is 1040. The molecule has 1 aliphatic rings. The van der Waals surface area contributed by atoms with E-state index in [4.69, 9.17) is 22.1 Å². The molecule has 6 nitrogen and oxygen atoms in total. The Morgan fingerprint density at radius 3 is 2.23 bits per heavy atom. The van der Waals surface area contributed by atoms with Crippen molar-refractivity contribution in [3.05, 3.63) is 88.4 Å². The van der Waals surface area contributed by atoms with Gasteiger partial charge in [0.05, 0.1) is 0 Å². The molecule has 3 aromatic rings. The lowest BCUT2D eigenvalue weighted by atomic mass is 9.98. The minimum absolute atomic E-state index is 0.0587. The highest BCUT2D eigenvalue weighted by Gasteiger charge is 2.29. The Labute approximate surface area is 185 Å². The highest BCUT2D eigenvalue weighted by Crippen LogP contribution is 2.44. The Morgan fingerprint density at radius 1 is 1.00 bits per heavy atom. The van der Waals surface area contributed by atoms with E-state index in [-0.39, 0.29) is 35.3 Å². The maximum atomic E-state index is 12.2. The summed E-state index contributed by atoms with van der Waals surface area (Å²) in [4.78, 5) is 12.2. The van der Waals surface area contributed by atoms with Crippen LogP contribution in [0, 0.1) is 0 Å². The van der Waals surface area contributed by atoms with Crippen LogP contribution in [0.15, 0.2) is 66.7 Å². The first-order valence-electron chi connectivity index (χ1n) is 9.96. The fourth-order valence-electron chi connectivity index (χ4n) is 4.01. The van der Waals surface area contributed by atoms with Crippen molar-refractivity contribution in [2.24, 2.45) is 0 Å². The van der Waals surface area contributed by atoms with Crippen molar-refractivity contribution in [2.45, 2.75) is 18.1 Å². The lowest BCUT2D eigenvalue weighted by molar-refractivity contribution is 0.0190. The molecule has 0 aromatic heterocycles. The number of hydrogen-bond acceptors (Lipinski definition) is 5. The van der Waals surface area contributed by atoms with Crippen molar-refractivity contribution < 1.29 is 19.7 Å². The van der Waals surface area contributed by atoms with Gasteiger partial charge in [0.1, 0.15) is 18.8 Å². The predicted molar refractivity (Wildman–Crippen MR) is 120 cm³/mol. The highest BCUT2D eigenvalue weighted by atomic mass is 35.5. The van der Waals surface area contributed by atoms with E-state index in [2.05, 4.69) is 17.4 Å². The number of fused-ring (bicyclic) bond motifs is 3. The van der Waals surface area contributed by atoms with Gasteiger partial charge in [-0.1, -0.05) is 66.2 Å². The van der Waals surface area contributed by atoms with Gasteiger partial charge >= 0.3 is 6.09 Å². The largest absolute Gasteiger partial charge is 0.449 e. The standard InChI is InChI=1S/C24H23ClN2O4/c25-19-10-5-11-20(26)22(19)23(29)21(28)12-27-24(30)31-13-18-16-8-3-1-6-14(16)15-7-2-4-9-17(15)18/h1-11,18,21,23,28-29H,12-13,26H2,(H,27,30). The monoisotopic (exact) mass is 438 g/mol. The SMILES string of the molecule is Nc1cccc(Cl)c1C(O)C(O)CNC(=O)OCC1c2ccccc2-c2ccccc21. The molecule has 3 aromatic carbocycles. The maximum Gasteiger partial charge on any atom is 0.407 e. The van der Waals surface area contributed by atoms with E-state index in [1.165, 1.54) is 0 Å². The molecule has 1 aliphatic carbocycles. The summed E-state index contributed by atoms with van der Waals surface area (Å²) in [5.41, 5.74) is 10.8. The molecule has 0 heterocycles. The van der Waals surface area contributed by atoms with Gasteiger partial charge in [0, 0.05) is 28.7 Å². The minimum Gasteiger partial charge on any atom is -0.449 e. The van der Waals surface area contributed by atoms with Crippen LogP contribution in [0.5, 0.6) is 0 Å². The van der Waals surface area contributed by atoms with E-state index in [0.29, 0.717) is 0 Å².